The van der Waals surface area contributed by atoms with Crippen molar-refractivity contribution < 1.29 is 22.7 Å². The van der Waals surface area contributed by atoms with Crippen molar-refractivity contribution in [2.24, 2.45) is 0 Å². The van der Waals surface area contributed by atoms with Crippen molar-refractivity contribution in [3.05, 3.63) is 65.7 Å². The van der Waals surface area contributed by atoms with Gasteiger partial charge < -0.3 is 5.11 Å². The monoisotopic (exact) mass is 380 g/mol. The molecule has 0 amide bonds. The maximum absolute atomic E-state index is 13.1. The van der Waals surface area contributed by atoms with E-state index >= 15 is 0 Å². The normalized spacial score (nSPS) is 11.6. The summed E-state index contributed by atoms with van der Waals surface area (Å²) in [5, 5.41) is 8.69. The molecule has 0 unspecified atom stereocenters. The van der Waals surface area contributed by atoms with Crippen LogP contribution in [0.3, 0.4) is 0 Å². The Morgan fingerprint density at radius 2 is 1.85 bits per heavy atom. The van der Waals surface area contributed by atoms with E-state index in [9.17, 15) is 17.6 Å². The maximum Gasteiger partial charge on any atom is 0.318 e. The van der Waals surface area contributed by atoms with Gasteiger partial charge in [-0.2, -0.15) is 0 Å². The van der Waals surface area contributed by atoms with Crippen molar-refractivity contribution in [1.82, 2.24) is 9.88 Å². The van der Waals surface area contributed by atoms with E-state index in [4.69, 9.17) is 5.11 Å². The Hall–Kier alpha value is -2.32. The molecule has 6 nitrogen and oxygen atoms in total. The Morgan fingerprint density at radius 1 is 1.12 bits per heavy atom. The third-order valence-electron chi connectivity index (χ3n) is 3.79. The molecule has 0 aliphatic rings. The van der Waals surface area contributed by atoms with Gasteiger partial charge in [-0.1, -0.05) is 18.2 Å². The molecule has 1 heterocycles. The molecule has 140 valence electrons. The second-order valence-electron chi connectivity index (χ2n) is 5.96. The third-order valence-corrected chi connectivity index (χ3v) is 5.28. The highest BCUT2D eigenvalue weighted by molar-refractivity contribution is 7.92. The fourth-order valence-corrected chi connectivity index (χ4v) is 3.52. The molecule has 8 heteroatoms. The molecule has 0 saturated carbocycles. The first-order valence-electron chi connectivity index (χ1n) is 8.13. The molecule has 0 spiro atoms. The zero-order valence-corrected chi connectivity index (χ0v) is 15.0. The predicted octanol–water partition coefficient (Wildman–Crippen LogP) is 1.76. The molecule has 0 aliphatic heterocycles. The van der Waals surface area contributed by atoms with Gasteiger partial charge in [0.05, 0.1) is 5.75 Å². The highest BCUT2D eigenvalue weighted by Gasteiger charge is 2.18. The SMILES string of the molecule is O=C(O)CS(=O)(=O)CCN(CCc1ccccn1)Cc1ccc(F)cc1. The van der Waals surface area contributed by atoms with Crippen LogP contribution in [0.1, 0.15) is 11.3 Å². The number of nitrogens with zero attached hydrogens (tertiary/aromatic N) is 2. The van der Waals surface area contributed by atoms with Gasteiger partial charge in [0.15, 0.2) is 9.84 Å². The molecule has 0 radical (unpaired) electrons. The Morgan fingerprint density at radius 3 is 2.46 bits per heavy atom. The lowest BCUT2D eigenvalue weighted by Gasteiger charge is -2.22. The number of carboxylic acid groups (broad SMARTS) is 1. The predicted molar refractivity (Wildman–Crippen MR) is 95.9 cm³/mol. The minimum absolute atomic E-state index is 0.194. The molecular formula is C18H21FN2O4S. The third kappa shape index (κ3) is 7.28. The Bertz CT molecular complexity index is 811. The number of rotatable bonds is 10. The number of sulfone groups is 1. The van der Waals surface area contributed by atoms with Crippen molar-refractivity contribution in [2.75, 3.05) is 24.6 Å². The summed E-state index contributed by atoms with van der Waals surface area (Å²) in [4.78, 5) is 16.8. The van der Waals surface area contributed by atoms with Crippen LogP contribution in [0.2, 0.25) is 0 Å². The van der Waals surface area contributed by atoms with Crippen molar-refractivity contribution in [2.45, 2.75) is 13.0 Å². The second kappa shape index (κ2) is 9.40. The van der Waals surface area contributed by atoms with Gasteiger partial charge in [-0.25, -0.2) is 12.8 Å². The van der Waals surface area contributed by atoms with Gasteiger partial charge in [0.1, 0.15) is 11.6 Å². The fourth-order valence-electron chi connectivity index (χ4n) is 2.47. The van der Waals surface area contributed by atoms with E-state index in [-0.39, 0.29) is 18.1 Å². The summed E-state index contributed by atoms with van der Waals surface area (Å²) in [5.74, 6) is -2.82. The van der Waals surface area contributed by atoms with Crippen LogP contribution in [0.4, 0.5) is 4.39 Å². The van der Waals surface area contributed by atoms with E-state index in [1.807, 2.05) is 23.1 Å². The van der Waals surface area contributed by atoms with E-state index in [0.717, 1.165) is 11.3 Å². The number of hydrogen-bond acceptors (Lipinski definition) is 5. The van der Waals surface area contributed by atoms with Crippen LogP contribution < -0.4 is 0 Å². The number of halogens is 1. The second-order valence-corrected chi connectivity index (χ2v) is 8.14. The van der Waals surface area contributed by atoms with Crippen molar-refractivity contribution >= 4 is 15.8 Å². The molecule has 1 aromatic carbocycles. The molecule has 0 fully saturated rings. The summed E-state index contributed by atoms with van der Waals surface area (Å²) in [7, 11) is -3.67. The van der Waals surface area contributed by atoms with Gasteiger partial charge in [0.2, 0.25) is 0 Å². The van der Waals surface area contributed by atoms with Gasteiger partial charge in [-0.3, -0.25) is 14.7 Å². The van der Waals surface area contributed by atoms with Gasteiger partial charge in [-0.15, -0.1) is 0 Å². The van der Waals surface area contributed by atoms with Crippen molar-refractivity contribution in [1.29, 1.82) is 0 Å². The van der Waals surface area contributed by atoms with Crippen LogP contribution in [0.15, 0.2) is 48.7 Å². The van der Waals surface area contributed by atoms with E-state index in [0.29, 0.717) is 19.5 Å². The molecule has 1 aromatic heterocycles. The number of aliphatic carboxylic acids is 1. The van der Waals surface area contributed by atoms with E-state index in [1.165, 1.54) is 12.1 Å². The van der Waals surface area contributed by atoms with Crippen LogP contribution in [0, 0.1) is 5.82 Å². The number of benzene rings is 1. The van der Waals surface area contributed by atoms with Crippen LogP contribution in [0.5, 0.6) is 0 Å². The Kier molecular flexibility index (Phi) is 7.23. The molecule has 0 atom stereocenters. The minimum Gasteiger partial charge on any atom is -0.480 e. The van der Waals surface area contributed by atoms with Gasteiger partial charge in [-0.05, 0) is 29.8 Å². The van der Waals surface area contributed by atoms with Gasteiger partial charge >= 0.3 is 5.97 Å². The van der Waals surface area contributed by atoms with Gasteiger partial charge in [0.25, 0.3) is 0 Å². The molecular weight excluding hydrogens is 359 g/mol. The average Bonchev–Trinajstić information content (AvgIpc) is 2.59. The fraction of sp³-hybridized carbons (Fsp3) is 0.333. The summed E-state index contributed by atoms with van der Waals surface area (Å²) >= 11 is 0. The smallest absolute Gasteiger partial charge is 0.318 e. The summed E-state index contributed by atoms with van der Waals surface area (Å²) in [6, 6.07) is 11.6. The van der Waals surface area contributed by atoms with Crippen LogP contribution in [0.25, 0.3) is 0 Å². The van der Waals surface area contributed by atoms with E-state index < -0.39 is 21.6 Å². The maximum atomic E-state index is 13.1. The van der Waals surface area contributed by atoms with E-state index in [1.54, 1.807) is 18.3 Å². The Labute approximate surface area is 152 Å². The highest BCUT2D eigenvalue weighted by Crippen LogP contribution is 2.09. The molecule has 2 aromatic rings. The summed E-state index contributed by atoms with van der Waals surface area (Å²) < 4.78 is 36.8. The number of aromatic nitrogens is 1. The molecule has 1 N–H and O–H groups in total. The Balaban J connectivity index is 2.02. The topological polar surface area (TPSA) is 87.6 Å². The standard InChI is InChI=1S/C18H21FN2O4S/c19-16-6-4-15(5-7-16)13-21(10-8-17-3-1-2-9-20-17)11-12-26(24,25)14-18(22)23/h1-7,9H,8,10-14H2,(H,22,23). The zero-order valence-electron chi connectivity index (χ0n) is 14.2. The molecule has 0 saturated heterocycles. The molecule has 0 aliphatic carbocycles. The molecule has 2 rings (SSSR count). The number of carbonyl (C=O) groups is 1. The summed E-state index contributed by atoms with van der Waals surface area (Å²) in [5.41, 5.74) is 1.73. The average molecular weight is 380 g/mol. The van der Waals surface area contributed by atoms with Crippen LogP contribution in [-0.2, 0) is 27.6 Å². The minimum atomic E-state index is -3.67. The lowest BCUT2D eigenvalue weighted by atomic mass is 10.2. The number of carboxylic acids is 1. The molecule has 26 heavy (non-hydrogen) atoms. The summed E-state index contributed by atoms with van der Waals surface area (Å²) in [6.07, 6.45) is 2.32. The number of pyridine rings is 1. The van der Waals surface area contributed by atoms with Crippen molar-refractivity contribution in [3.8, 4) is 0 Å². The van der Waals surface area contributed by atoms with Gasteiger partial charge in [0, 0.05) is 37.9 Å². The lowest BCUT2D eigenvalue weighted by molar-refractivity contribution is -0.134. The first kappa shape index (κ1) is 20.0. The zero-order chi connectivity index (χ0) is 19.0. The highest BCUT2D eigenvalue weighted by atomic mass is 32.2. The number of hydrogen-bond donors (Lipinski definition) is 1. The van der Waals surface area contributed by atoms with Crippen LogP contribution in [-0.4, -0.2) is 54.0 Å². The molecule has 0 bridgehead atoms. The summed E-state index contributed by atoms with van der Waals surface area (Å²) in [6.45, 7) is 1.19. The quantitative estimate of drug-likeness (QED) is 0.676. The first-order valence-corrected chi connectivity index (χ1v) is 9.95. The first-order chi connectivity index (χ1) is 12.3. The van der Waals surface area contributed by atoms with Crippen LogP contribution >= 0.6 is 0 Å². The van der Waals surface area contributed by atoms with E-state index in [2.05, 4.69) is 4.98 Å². The lowest BCUT2D eigenvalue weighted by Crippen LogP contribution is -2.32. The van der Waals surface area contributed by atoms with Crippen molar-refractivity contribution in [3.63, 3.8) is 0 Å². The largest absolute Gasteiger partial charge is 0.480 e.